The highest BCUT2D eigenvalue weighted by Crippen LogP contribution is 2.21. The van der Waals surface area contributed by atoms with Crippen LogP contribution in [0.3, 0.4) is 0 Å². The van der Waals surface area contributed by atoms with Gasteiger partial charge in [-0.25, -0.2) is 4.98 Å². The molecule has 0 saturated heterocycles. The van der Waals surface area contributed by atoms with E-state index in [0.29, 0.717) is 11.7 Å². The van der Waals surface area contributed by atoms with Crippen LogP contribution < -0.4 is 11.1 Å². The summed E-state index contributed by atoms with van der Waals surface area (Å²) in [4.78, 5) is 16.8. The van der Waals surface area contributed by atoms with Gasteiger partial charge in [0.1, 0.15) is 10.7 Å². The molecular weight excluding hydrogens is 306 g/mol. The molecule has 1 fully saturated rings. The number of nitrogens with two attached hydrogens (primary N) is 1. The molecule has 23 heavy (non-hydrogen) atoms. The van der Waals surface area contributed by atoms with E-state index in [1.807, 2.05) is 23.6 Å². The van der Waals surface area contributed by atoms with E-state index in [-0.39, 0.29) is 11.9 Å². The number of nitrogens with zero attached hydrogens (tertiary/aromatic N) is 1. The molecule has 1 saturated carbocycles. The Morgan fingerprint density at radius 1 is 1.26 bits per heavy atom. The maximum atomic E-state index is 12.3. The van der Waals surface area contributed by atoms with Gasteiger partial charge in [-0.05, 0) is 24.8 Å². The van der Waals surface area contributed by atoms with Crippen LogP contribution in [-0.2, 0) is 6.42 Å². The Labute approximate surface area is 141 Å². The quantitative estimate of drug-likeness (QED) is 0.883. The summed E-state index contributed by atoms with van der Waals surface area (Å²) in [6, 6.07) is 10.3. The van der Waals surface area contributed by atoms with Gasteiger partial charge in [0.15, 0.2) is 0 Å². The van der Waals surface area contributed by atoms with Gasteiger partial charge in [0, 0.05) is 11.4 Å². The molecule has 1 aliphatic rings. The number of aromatic nitrogens is 1. The minimum atomic E-state index is -0.168. The number of carbonyl (C=O) groups excluding carboxylic acids is 1. The van der Waals surface area contributed by atoms with Crippen LogP contribution in [0.1, 0.15) is 59.2 Å². The normalized spacial score (nSPS) is 16.9. The summed E-state index contributed by atoms with van der Waals surface area (Å²) in [6.07, 6.45) is 6.58. The average Bonchev–Trinajstić information content (AvgIpc) is 3.07. The second kappa shape index (κ2) is 7.70. The van der Waals surface area contributed by atoms with E-state index < -0.39 is 0 Å². The Bertz CT molecular complexity index is 635. The van der Waals surface area contributed by atoms with Crippen LogP contribution in [-0.4, -0.2) is 16.9 Å². The van der Waals surface area contributed by atoms with Crippen LogP contribution in [0.15, 0.2) is 35.7 Å². The third kappa shape index (κ3) is 4.39. The monoisotopic (exact) mass is 329 g/mol. The first kappa shape index (κ1) is 16.1. The topological polar surface area (TPSA) is 68.0 Å². The molecule has 2 aromatic rings. The minimum Gasteiger partial charge on any atom is -0.348 e. The Kier molecular flexibility index (Phi) is 5.41. The lowest BCUT2D eigenvalue weighted by molar-refractivity contribution is 0.0923. The van der Waals surface area contributed by atoms with Crippen molar-refractivity contribution in [2.45, 2.75) is 50.6 Å². The standard InChI is InChI=1S/C18H23N3OS/c19-15(11-13-7-3-1-4-8-13)18-21-16(12-23-18)17(22)20-14-9-5-2-6-10-14/h1,3-4,7-8,12,14-15H,2,5-6,9-11,19H2,(H,20,22). The third-order valence-corrected chi connectivity index (χ3v) is 5.29. The molecule has 5 heteroatoms. The molecule has 0 radical (unpaired) electrons. The first-order chi connectivity index (χ1) is 11.2. The summed E-state index contributed by atoms with van der Waals surface area (Å²) in [5.41, 5.74) is 7.92. The summed E-state index contributed by atoms with van der Waals surface area (Å²) < 4.78 is 0. The zero-order chi connectivity index (χ0) is 16.1. The van der Waals surface area contributed by atoms with E-state index in [1.165, 1.54) is 36.2 Å². The predicted octanol–water partition coefficient (Wildman–Crippen LogP) is 3.45. The van der Waals surface area contributed by atoms with Crippen molar-refractivity contribution in [3.8, 4) is 0 Å². The van der Waals surface area contributed by atoms with E-state index in [0.717, 1.165) is 24.3 Å². The second-order valence-corrected chi connectivity index (χ2v) is 7.07. The molecule has 1 aliphatic carbocycles. The first-order valence-electron chi connectivity index (χ1n) is 8.28. The number of nitrogens with one attached hydrogen (secondary N) is 1. The molecule has 0 aliphatic heterocycles. The predicted molar refractivity (Wildman–Crippen MR) is 93.5 cm³/mol. The zero-order valence-electron chi connectivity index (χ0n) is 13.2. The SMILES string of the molecule is NC(Cc1ccccc1)c1nc(C(=O)NC2CCCCC2)cs1. The molecule has 1 aromatic heterocycles. The van der Waals surface area contributed by atoms with E-state index in [1.54, 1.807) is 0 Å². The Hall–Kier alpha value is -1.72. The van der Waals surface area contributed by atoms with Crippen LogP contribution in [0.2, 0.25) is 0 Å². The zero-order valence-corrected chi connectivity index (χ0v) is 14.0. The maximum Gasteiger partial charge on any atom is 0.270 e. The molecule has 4 nitrogen and oxygen atoms in total. The van der Waals surface area contributed by atoms with Gasteiger partial charge in [-0.1, -0.05) is 49.6 Å². The van der Waals surface area contributed by atoms with Crippen molar-refractivity contribution in [2.24, 2.45) is 5.73 Å². The Morgan fingerprint density at radius 3 is 2.74 bits per heavy atom. The molecule has 1 heterocycles. The molecule has 122 valence electrons. The Balaban J connectivity index is 1.59. The van der Waals surface area contributed by atoms with Gasteiger partial charge in [0.2, 0.25) is 0 Å². The van der Waals surface area contributed by atoms with Crippen molar-refractivity contribution in [3.63, 3.8) is 0 Å². The van der Waals surface area contributed by atoms with Crippen molar-refractivity contribution in [2.75, 3.05) is 0 Å². The average molecular weight is 329 g/mol. The highest BCUT2D eigenvalue weighted by atomic mass is 32.1. The highest BCUT2D eigenvalue weighted by molar-refractivity contribution is 7.09. The molecule has 0 bridgehead atoms. The van der Waals surface area contributed by atoms with Crippen molar-refractivity contribution in [3.05, 3.63) is 52.0 Å². The summed E-state index contributed by atoms with van der Waals surface area (Å²) >= 11 is 1.47. The summed E-state index contributed by atoms with van der Waals surface area (Å²) in [6.45, 7) is 0. The first-order valence-corrected chi connectivity index (χ1v) is 9.16. The fourth-order valence-electron chi connectivity index (χ4n) is 3.02. The van der Waals surface area contributed by atoms with Crippen LogP contribution >= 0.6 is 11.3 Å². The molecule has 1 amide bonds. The number of amides is 1. The Morgan fingerprint density at radius 2 is 2.00 bits per heavy atom. The fraction of sp³-hybridized carbons (Fsp3) is 0.444. The number of benzene rings is 1. The molecule has 1 unspecified atom stereocenters. The van der Waals surface area contributed by atoms with Gasteiger partial charge < -0.3 is 11.1 Å². The van der Waals surface area contributed by atoms with Gasteiger partial charge in [-0.15, -0.1) is 11.3 Å². The smallest absolute Gasteiger partial charge is 0.270 e. The molecule has 0 spiro atoms. The third-order valence-electron chi connectivity index (χ3n) is 4.31. The summed E-state index contributed by atoms with van der Waals surface area (Å²) in [7, 11) is 0. The fourth-order valence-corrected chi connectivity index (χ4v) is 3.83. The number of hydrogen-bond donors (Lipinski definition) is 2. The maximum absolute atomic E-state index is 12.3. The number of carbonyl (C=O) groups is 1. The minimum absolute atomic E-state index is 0.0636. The van der Waals surface area contributed by atoms with Crippen LogP contribution in [0.25, 0.3) is 0 Å². The largest absolute Gasteiger partial charge is 0.348 e. The van der Waals surface area contributed by atoms with Gasteiger partial charge >= 0.3 is 0 Å². The van der Waals surface area contributed by atoms with Gasteiger partial charge in [0.05, 0.1) is 6.04 Å². The highest BCUT2D eigenvalue weighted by Gasteiger charge is 2.19. The van der Waals surface area contributed by atoms with Crippen molar-refractivity contribution in [1.29, 1.82) is 0 Å². The number of hydrogen-bond acceptors (Lipinski definition) is 4. The van der Waals surface area contributed by atoms with Gasteiger partial charge in [-0.3, -0.25) is 4.79 Å². The molecule has 3 rings (SSSR count). The van der Waals surface area contributed by atoms with Crippen molar-refractivity contribution < 1.29 is 4.79 Å². The van der Waals surface area contributed by atoms with Crippen LogP contribution in [0.5, 0.6) is 0 Å². The van der Waals surface area contributed by atoms with Gasteiger partial charge in [-0.2, -0.15) is 0 Å². The second-order valence-electron chi connectivity index (χ2n) is 6.18. The number of rotatable bonds is 5. The molecule has 1 aromatic carbocycles. The molecule has 1 atom stereocenters. The lowest BCUT2D eigenvalue weighted by Crippen LogP contribution is -2.36. The lowest BCUT2D eigenvalue weighted by Gasteiger charge is -2.22. The van der Waals surface area contributed by atoms with Crippen LogP contribution in [0, 0.1) is 0 Å². The number of thiazole rings is 1. The molecule has 3 N–H and O–H groups in total. The van der Waals surface area contributed by atoms with E-state index in [2.05, 4.69) is 22.4 Å². The van der Waals surface area contributed by atoms with E-state index >= 15 is 0 Å². The van der Waals surface area contributed by atoms with E-state index in [4.69, 9.17) is 5.73 Å². The molecular formula is C18H23N3OS. The summed E-state index contributed by atoms with van der Waals surface area (Å²) in [5, 5.41) is 5.74. The van der Waals surface area contributed by atoms with Crippen molar-refractivity contribution >= 4 is 17.2 Å². The lowest BCUT2D eigenvalue weighted by atomic mass is 9.95. The van der Waals surface area contributed by atoms with Crippen LogP contribution in [0.4, 0.5) is 0 Å². The van der Waals surface area contributed by atoms with Gasteiger partial charge in [0.25, 0.3) is 5.91 Å². The van der Waals surface area contributed by atoms with E-state index in [9.17, 15) is 4.79 Å². The summed E-state index contributed by atoms with van der Waals surface area (Å²) in [5.74, 6) is -0.0636. The van der Waals surface area contributed by atoms with Crippen molar-refractivity contribution in [1.82, 2.24) is 10.3 Å².